The lowest BCUT2D eigenvalue weighted by atomic mass is 10.1. The van der Waals surface area contributed by atoms with Crippen LogP contribution in [0.15, 0.2) is 12.1 Å². The Morgan fingerprint density at radius 3 is 2.34 bits per heavy atom. The number of carbonyl (C=O) groups excluding carboxylic acids is 3. The molecule has 0 heterocycles. The zero-order valence-electron chi connectivity index (χ0n) is 20.7. The van der Waals surface area contributed by atoms with Crippen LogP contribution in [0, 0.1) is 10.1 Å². The van der Waals surface area contributed by atoms with E-state index in [1.807, 2.05) is 0 Å². The second-order valence-corrected chi connectivity index (χ2v) is 8.30. The van der Waals surface area contributed by atoms with Crippen molar-refractivity contribution in [3.05, 3.63) is 27.8 Å². The molecule has 0 fully saturated rings. The van der Waals surface area contributed by atoms with Gasteiger partial charge in [-0.1, -0.05) is 0 Å². The van der Waals surface area contributed by atoms with Gasteiger partial charge in [0.25, 0.3) is 5.69 Å². The number of amides is 2. The van der Waals surface area contributed by atoms with Crippen LogP contribution in [0.25, 0.3) is 0 Å². The molecule has 0 aromatic heterocycles. The molecule has 0 saturated carbocycles. The van der Waals surface area contributed by atoms with Crippen LogP contribution in [0.3, 0.4) is 0 Å². The highest BCUT2D eigenvalue weighted by atomic mass is 16.6. The lowest BCUT2D eigenvalue weighted by Crippen LogP contribution is -2.37. The van der Waals surface area contributed by atoms with E-state index in [1.165, 1.54) is 26.4 Å². The quantitative estimate of drug-likeness (QED) is 0.148. The summed E-state index contributed by atoms with van der Waals surface area (Å²) in [5.41, 5.74) is -0.492. The molecule has 0 aliphatic heterocycles. The number of hydrogen-bond acceptors (Lipinski definition) is 10. The Balaban J connectivity index is 2.50. The minimum atomic E-state index is -0.599. The number of nitro benzene ring substituents is 1. The highest BCUT2D eigenvalue weighted by Gasteiger charge is 2.20. The number of nitro groups is 1. The predicted molar refractivity (Wildman–Crippen MR) is 125 cm³/mol. The van der Waals surface area contributed by atoms with Crippen LogP contribution in [0.4, 0.5) is 10.5 Å². The lowest BCUT2D eigenvalue weighted by molar-refractivity contribution is -0.385. The van der Waals surface area contributed by atoms with Crippen LogP contribution in [0.5, 0.6) is 11.5 Å². The molecule has 0 radical (unpaired) electrons. The van der Waals surface area contributed by atoms with Gasteiger partial charge in [0, 0.05) is 31.6 Å². The number of rotatable bonds is 14. The summed E-state index contributed by atoms with van der Waals surface area (Å²) < 4.78 is 20.5. The van der Waals surface area contributed by atoms with Crippen molar-refractivity contribution in [3.8, 4) is 11.5 Å². The third kappa shape index (κ3) is 11.9. The minimum absolute atomic E-state index is 0.0466. The molecule has 0 saturated heterocycles. The number of nitrogens with one attached hydrogen (secondary N) is 3. The monoisotopic (exact) mass is 498 g/mol. The van der Waals surface area contributed by atoms with Crippen molar-refractivity contribution in [1.82, 2.24) is 16.0 Å². The van der Waals surface area contributed by atoms with Crippen molar-refractivity contribution in [3.63, 3.8) is 0 Å². The van der Waals surface area contributed by atoms with Gasteiger partial charge in [-0.15, -0.1) is 0 Å². The summed E-state index contributed by atoms with van der Waals surface area (Å²) >= 11 is 0. The molecule has 0 aliphatic rings. The summed E-state index contributed by atoms with van der Waals surface area (Å²) in [6.45, 7) is 5.79. The van der Waals surface area contributed by atoms with Gasteiger partial charge >= 0.3 is 12.1 Å². The molecule has 0 atom stereocenters. The fourth-order valence-corrected chi connectivity index (χ4v) is 2.73. The van der Waals surface area contributed by atoms with Gasteiger partial charge in [0.2, 0.25) is 5.91 Å². The van der Waals surface area contributed by atoms with Crippen molar-refractivity contribution < 1.29 is 38.3 Å². The first-order valence-electron chi connectivity index (χ1n) is 11.0. The van der Waals surface area contributed by atoms with Gasteiger partial charge in [-0.25, -0.2) is 4.79 Å². The van der Waals surface area contributed by atoms with E-state index in [0.717, 1.165) is 0 Å². The fraction of sp³-hybridized carbons (Fsp3) is 0.591. The van der Waals surface area contributed by atoms with E-state index in [9.17, 15) is 24.5 Å². The van der Waals surface area contributed by atoms with Crippen LogP contribution in [-0.2, 0) is 25.6 Å². The molecule has 1 rings (SSSR count). The Labute approximate surface area is 204 Å². The summed E-state index contributed by atoms with van der Waals surface area (Å²) in [5.74, 6) is -0.284. The van der Waals surface area contributed by atoms with E-state index in [2.05, 4.69) is 20.7 Å². The van der Waals surface area contributed by atoms with Gasteiger partial charge in [-0.2, -0.15) is 0 Å². The van der Waals surface area contributed by atoms with Gasteiger partial charge in [0.05, 0.1) is 38.4 Å². The maximum absolute atomic E-state index is 11.9. The summed E-state index contributed by atoms with van der Waals surface area (Å²) in [7, 11) is 2.65. The average molecular weight is 499 g/mol. The first-order chi connectivity index (χ1) is 16.5. The predicted octanol–water partition coefficient (Wildman–Crippen LogP) is 1.67. The zero-order valence-corrected chi connectivity index (χ0v) is 20.7. The number of alkyl carbamates (subject to hydrolysis) is 1. The number of ether oxygens (including phenoxy) is 4. The van der Waals surface area contributed by atoms with Crippen LogP contribution >= 0.6 is 0 Å². The van der Waals surface area contributed by atoms with Crippen LogP contribution < -0.4 is 25.4 Å². The SMILES string of the molecule is COC(=O)CNCc1cc(OC)c(OCCCC(=O)NCCNC(=O)OC(C)(C)C)cc1[N+](=O)[O-]. The lowest BCUT2D eigenvalue weighted by Gasteiger charge is -2.19. The molecule has 3 N–H and O–H groups in total. The van der Waals surface area contributed by atoms with E-state index >= 15 is 0 Å². The molecule has 2 amide bonds. The van der Waals surface area contributed by atoms with Crippen LogP contribution in [0.2, 0.25) is 0 Å². The average Bonchev–Trinajstić information content (AvgIpc) is 2.78. The highest BCUT2D eigenvalue weighted by molar-refractivity contribution is 5.76. The van der Waals surface area contributed by atoms with Crippen molar-refractivity contribution >= 4 is 23.7 Å². The number of carbonyl (C=O) groups is 3. The van der Waals surface area contributed by atoms with E-state index in [4.69, 9.17) is 14.2 Å². The van der Waals surface area contributed by atoms with Crippen molar-refractivity contribution in [1.29, 1.82) is 0 Å². The number of methoxy groups -OCH3 is 2. The molecule has 35 heavy (non-hydrogen) atoms. The third-order valence-corrected chi connectivity index (χ3v) is 4.30. The molecule has 1 aromatic carbocycles. The first kappa shape index (κ1) is 29.4. The Bertz CT molecular complexity index is 884. The summed E-state index contributed by atoms with van der Waals surface area (Å²) in [5, 5.41) is 19.5. The largest absolute Gasteiger partial charge is 0.493 e. The van der Waals surface area contributed by atoms with Gasteiger partial charge in [0.15, 0.2) is 11.5 Å². The molecule has 1 aromatic rings. The van der Waals surface area contributed by atoms with Gasteiger partial charge in [-0.3, -0.25) is 19.7 Å². The van der Waals surface area contributed by atoms with Gasteiger partial charge in [-0.05, 0) is 33.3 Å². The topological polar surface area (TPSA) is 167 Å². The third-order valence-electron chi connectivity index (χ3n) is 4.30. The molecule has 0 spiro atoms. The summed E-state index contributed by atoms with van der Waals surface area (Å²) in [4.78, 5) is 45.6. The van der Waals surface area contributed by atoms with Gasteiger partial charge in [0.1, 0.15) is 5.60 Å². The second-order valence-electron chi connectivity index (χ2n) is 8.30. The molecule has 0 aliphatic carbocycles. The fourth-order valence-electron chi connectivity index (χ4n) is 2.73. The van der Waals surface area contributed by atoms with Crippen LogP contribution in [0.1, 0.15) is 39.2 Å². The highest BCUT2D eigenvalue weighted by Crippen LogP contribution is 2.34. The zero-order chi connectivity index (χ0) is 26.4. The Hall–Kier alpha value is -3.61. The molecule has 13 heteroatoms. The van der Waals surface area contributed by atoms with E-state index < -0.39 is 22.6 Å². The van der Waals surface area contributed by atoms with Crippen molar-refractivity contribution in [2.75, 3.05) is 40.5 Å². The van der Waals surface area contributed by atoms with Gasteiger partial charge < -0.3 is 34.9 Å². The smallest absolute Gasteiger partial charge is 0.407 e. The standard InChI is InChI=1S/C22H34N4O9/c1-22(2,3)35-21(29)25-9-8-24-19(27)7-6-10-34-18-12-16(26(30)31)15(11-17(18)32-4)13-23-14-20(28)33-5/h11-12,23H,6-10,13-14H2,1-5H3,(H,24,27)(H,25,29). The molecule has 13 nitrogen and oxygen atoms in total. The number of nitrogens with zero attached hydrogens (tertiary/aromatic N) is 1. The molecular weight excluding hydrogens is 464 g/mol. The Kier molecular flexibility index (Phi) is 12.3. The summed E-state index contributed by atoms with van der Waals surface area (Å²) in [6, 6.07) is 2.71. The maximum atomic E-state index is 11.9. The Morgan fingerprint density at radius 2 is 1.74 bits per heavy atom. The van der Waals surface area contributed by atoms with Crippen molar-refractivity contribution in [2.24, 2.45) is 0 Å². The molecular formula is C22H34N4O9. The first-order valence-corrected chi connectivity index (χ1v) is 11.0. The number of benzene rings is 1. The normalized spacial score (nSPS) is 10.8. The van der Waals surface area contributed by atoms with E-state index in [0.29, 0.717) is 12.0 Å². The van der Waals surface area contributed by atoms with E-state index in [-0.39, 0.29) is 62.3 Å². The second kappa shape index (κ2) is 14.6. The minimum Gasteiger partial charge on any atom is -0.493 e. The van der Waals surface area contributed by atoms with Crippen LogP contribution in [-0.4, -0.2) is 69.0 Å². The molecule has 0 unspecified atom stereocenters. The maximum Gasteiger partial charge on any atom is 0.407 e. The van der Waals surface area contributed by atoms with E-state index in [1.54, 1.807) is 20.8 Å². The Morgan fingerprint density at radius 1 is 1.06 bits per heavy atom. The molecule has 0 bridgehead atoms. The number of esters is 1. The number of hydrogen-bond donors (Lipinski definition) is 3. The molecule has 196 valence electrons. The van der Waals surface area contributed by atoms with Crippen molar-refractivity contribution in [2.45, 2.75) is 45.8 Å². The summed E-state index contributed by atoms with van der Waals surface area (Å²) in [6.07, 6.45) is -0.0506.